The van der Waals surface area contributed by atoms with Crippen LogP contribution in [0.25, 0.3) is 0 Å². The van der Waals surface area contributed by atoms with Crippen LogP contribution in [0.4, 0.5) is 9.59 Å². The van der Waals surface area contributed by atoms with Crippen molar-refractivity contribution in [3.8, 4) is 0 Å². The Bertz CT molecular complexity index is 843. The Morgan fingerprint density at radius 1 is 0.551 bits per heavy atom. The van der Waals surface area contributed by atoms with E-state index in [9.17, 15) is 24.3 Å². The number of nitrogens with one attached hydrogen (secondary N) is 6. The van der Waals surface area contributed by atoms with Crippen molar-refractivity contribution in [3.05, 3.63) is 0 Å². The van der Waals surface area contributed by atoms with Gasteiger partial charge in [0.2, 0.25) is 5.91 Å². The van der Waals surface area contributed by atoms with Crippen LogP contribution in [-0.2, 0) is 9.59 Å². The second kappa shape index (κ2) is 32.6. The molecule has 0 bridgehead atoms. The van der Waals surface area contributed by atoms with Crippen LogP contribution in [0.5, 0.6) is 0 Å². The minimum Gasteiger partial charge on any atom is -0.480 e. The van der Waals surface area contributed by atoms with E-state index >= 15 is 0 Å². The van der Waals surface area contributed by atoms with E-state index in [1.807, 2.05) is 27.7 Å². The van der Waals surface area contributed by atoms with Gasteiger partial charge in [-0.2, -0.15) is 0 Å². The molecule has 0 spiro atoms. The van der Waals surface area contributed by atoms with Crippen molar-refractivity contribution in [1.82, 2.24) is 32.1 Å². The van der Waals surface area contributed by atoms with E-state index in [0.717, 1.165) is 44.9 Å². The molecule has 0 saturated carbocycles. The topological polar surface area (TPSA) is 161 Å². The van der Waals surface area contributed by atoms with E-state index in [1.54, 1.807) is 0 Å². The van der Waals surface area contributed by atoms with Crippen molar-refractivity contribution in [1.29, 1.82) is 0 Å². The average molecular weight is 697 g/mol. The number of hydrogen-bond donors (Lipinski definition) is 7. The second-order valence-corrected chi connectivity index (χ2v) is 14.3. The number of urea groups is 2. The molecule has 49 heavy (non-hydrogen) atoms. The Morgan fingerprint density at radius 2 is 0.959 bits per heavy atom. The number of carboxylic acid groups (broad SMARTS) is 1. The Balaban J connectivity index is 3.89. The van der Waals surface area contributed by atoms with Gasteiger partial charge < -0.3 is 26.4 Å². The molecule has 0 aliphatic rings. The first-order valence-electron chi connectivity index (χ1n) is 20.0. The molecule has 0 aromatic rings. The maximum atomic E-state index is 12.9. The molecule has 3 atom stereocenters. The zero-order valence-corrected chi connectivity index (χ0v) is 32.1. The molecule has 5 amide bonds. The zero-order valence-electron chi connectivity index (χ0n) is 32.1. The molecule has 0 aliphatic carbocycles. The molecular weight excluding hydrogens is 620 g/mol. The van der Waals surface area contributed by atoms with Crippen molar-refractivity contribution in [2.24, 2.45) is 11.8 Å². The highest BCUT2D eigenvalue weighted by Crippen LogP contribution is 2.14. The van der Waals surface area contributed by atoms with E-state index in [2.05, 4.69) is 39.0 Å². The molecule has 288 valence electrons. The molecule has 0 rings (SSSR count). The summed E-state index contributed by atoms with van der Waals surface area (Å²) in [6.45, 7) is 11.7. The third kappa shape index (κ3) is 28.9. The summed E-state index contributed by atoms with van der Waals surface area (Å²) in [5, 5.41) is 20.3. The highest BCUT2D eigenvalue weighted by atomic mass is 16.4. The Labute approximate surface area is 299 Å². The van der Waals surface area contributed by atoms with Gasteiger partial charge in [-0.1, -0.05) is 150 Å². The van der Waals surface area contributed by atoms with Gasteiger partial charge in [0.1, 0.15) is 12.1 Å². The van der Waals surface area contributed by atoms with Crippen molar-refractivity contribution in [2.45, 2.75) is 188 Å². The third-order valence-corrected chi connectivity index (χ3v) is 9.15. The van der Waals surface area contributed by atoms with E-state index in [1.165, 1.54) is 89.9 Å². The lowest BCUT2D eigenvalue weighted by atomic mass is 9.99. The largest absolute Gasteiger partial charge is 0.480 e. The number of unbranched alkanes of at least 4 members (excludes halogenated alkanes) is 18. The van der Waals surface area contributed by atoms with Crippen molar-refractivity contribution < 1.29 is 24.3 Å². The number of aliphatic carboxylic acids is 1. The highest BCUT2D eigenvalue weighted by molar-refractivity contribution is 5.83. The maximum absolute atomic E-state index is 12.9. The summed E-state index contributed by atoms with van der Waals surface area (Å²) >= 11 is 0. The zero-order chi connectivity index (χ0) is 36.5. The quantitative estimate of drug-likeness (QED) is 0.0272. The van der Waals surface area contributed by atoms with Crippen LogP contribution < -0.4 is 32.1 Å². The normalized spacial score (nSPS) is 13.0. The summed E-state index contributed by atoms with van der Waals surface area (Å²) in [6, 6.07) is -2.23. The van der Waals surface area contributed by atoms with Gasteiger partial charge in [-0.15, -0.1) is 0 Å². The SMILES string of the molecule is CCCCCCCCCCCCCCCCCCNC(=O)[C@@H](NNC(=O)NCCCCCCNC(=O)N[C@@H](CC(C)C)C(=O)O)[C@@H](C)CC. The fraction of sp³-hybridized carbons (Fsp3) is 0.895. The predicted octanol–water partition coefficient (Wildman–Crippen LogP) is 7.94. The molecule has 11 heteroatoms. The van der Waals surface area contributed by atoms with Crippen LogP contribution in [0.3, 0.4) is 0 Å². The number of carbonyl (C=O) groups excluding carboxylic acids is 3. The van der Waals surface area contributed by atoms with Gasteiger partial charge in [0.25, 0.3) is 0 Å². The van der Waals surface area contributed by atoms with Crippen LogP contribution in [0.2, 0.25) is 0 Å². The molecular formula is C38H76N6O5. The smallest absolute Gasteiger partial charge is 0.329 e. The molecule has 0 aromatic heterocycles. The first-order valence-corrected chi connectivity index (χ1v) is 20.0. The van der Waals surface area contributed by atoms with Gasteiger partial charge in [0, 0.05) is 19.6 Å². The average Bonchev–Trinajstić information content (AvgIpc) is 3.06. The fourth-order valence-electron chi connectivity index (χ4n) is 5.79. The van der Waals surface area contributed by atoms with Crippen molar-refractivity contribution >= 4 is 23.9 Å². The summed E-state index contributed by atoms with van der Waals surface area (Å²) < 4.78 is 0. The van der Waals surface area contributed by atoms with E-state index in [-0.39, 0.29) is 23.8 Å². The number of carbonyl (C=O) groups is 4. The number of carboxylic acids is 1. The van der Waals surface area contributed by atoms with Gasteiger partial charge in [0.05, 0.1) is 0 Å². The summed E-state index contributed by atoms with van der Waals surface area (Å²) in [5.74, 6) is -0.893. The van der Waals surface area contributed by atoms with E-state index in [4.69, 9.17) is 0 Å². The monoisotopic (exact) mass is 697 g/mol. The lowest BCUT2D eigenvalue weighted by Crippen LogP contribution is -2.56. The number of rotatable bonds is 33. The van der Waals surface area contributed by atoms with Crippen LogP contribution >= 0.6 is 0 Å². The highest BCUT2D eigenvalue weighted by Gasteiger charge is 2.24. The van der Waals surface area contributed by atoms with Gasteiger partial charge in [0.15, 0.2) is 0 Å². The van der Waals surface area contributed by atoms with Gasteiger partial charge in [-0.05, 0) is 37.5 Å². The van der Waals surface area contributed by atoms with Crippen LogP contribution in [0.1, 0.15) is 176 Å². The minimum atomic E-state index is -1.03. The summed E-state index contributed by atoms with van der Waals surface area (Å²) in [7, 11) is 0. The van der Waals surface area contributed by atoms with Crippen LogP contribution in [0, 0.1) is 11.8 Å². The molecule has 0 aromatic carbocycles. The van der Waals surface area contributed by atoms with Gasteiger partial charge in [-0.25, -0.2) is 19.8 Å². The molecule has 0 heterocycles. The van der Waals surface area contributed by atoms with E-state index in [0.29, 0.717) is 26.1 Å². The summed E-state index contributed by atoms with van der Waals surface area (Å²) in [6.07, 6.45) is 25.6. The van der Waals surface area contributed by atoms with E-state index < -0.39 is 24.1 Å². The Morgan fingerprint density at radius 3 is 1.37 bits per heavy atom. The third-order valence-electron chi connectivity index (χ3n) is 9.15. The molecule has 0 fully saturated rings. The Kier molecular flexibility index (Phi) is 30.9. The number of hydrazine groups is 1. The second-order valence-electron chi connectivity index (χ2n) is 14.3. The van der Waals surface area contributed by atoms with Crippen molar-refractivity contribution in [2.75, 3.05) is 19.6 Å². The lowest BCUT2D eigenvalue weighted by Gasteiger charge is -2.24. The predicted molar refractivity (Wildman–Crippen MR) is 201 cm³/mol. The van der Waals surface area contributed by atoms with Gasteiger partial charge >= 0.3 is 18.0 Å². The fourth-order valence-corrected chi connectivity index (χ4v) is 5.79. The molecule has 7 N–H and O–H groups in total. The standard InChI is InChI=1S/C38H76N6O5/c1-6-8-9-10-11-12-13-14-15-16-17-18-19-20-21-24-27-39-35(45)34(32(5)7-2)43-44-38(49)41-29-26-23-22-25-28-40-37(48)42-33(36(46)47)30-31(3)4/h31-34,43H,6-30H2,1-5H3,(H,39,45)(H,46,47)(H2,40,42,48)(H2,41,44,49)/t32-,33-,34-/m0/s1. The first-order chi connectivity index (χ1) is 23.6. The lowest BCUT2D eigenvalue weighted by molar-refractivity contribution is -0.139. The van der Waals surface area contributed by atoms with Crippen LogP contribution in [-0.4, -0.2) is 60.8 Å². The number of hydrogen-bond acceptors (Lipinski definition) is 5. The molecule has 0 unspecified atom stereocenters. The minimum absolute atomic E-state index is 0.0620. The van der Waals surface area contributed by atoms with Gasteiger partial charge in [-0.3, -0.25) is 10.2 Å². The van der Waals surface area contributed by atoms with Crippen molar-refractivity contribution in [3.63, 3.8) is 0 Å². The molecule has 0 aliphatic heterocycles. The maximum Gasteiger partial charge on any atom is 0.329 e. The number of amides is 5. The molecule has 0 saturated heterocycles. The molecule has 11 nitrogen and oxygen atoms in total. The van der Waals surface area contributed by atoms with Crippen LogP contribution in [0.15, 0.2) is 0 Å². The summed E-state index contributed by atoms with van der Waals surface area (Å²) in [5.41, 5.74) is 5.57. The Hall–Kier alpha value is -2.56. The first kappa shape index (κ1) is 46.4. The summed E-state index contributed by atoms with van der Waals surface area (Å²) in [4.78, 5) is 48.4. The molecule has 0 radical (unpaired) electrons.